The van der Waals surface area contributed by atoms with Gasteiger partial charge in [-0.15, -0.1) is 0 Å². The summed E-state index contributed by atoms with van der Waals surface area (Å²) in [5.74, 6) is 0. The molecule has 100 valence electrons. The van der Waals surface area contributed by atoms with Gasteiger partial charge in [0, 0.05) is 19.7 Å². The quantitative estimate of drug-likeness (QED) is 0.897. The highest BCUT2D eigenvalue weighted by molar-refractivity contribution is 5.24. The largest absolute Gasteiger partial charge is 0.416 e. The fraction of sp³-hybridized carbons (Fsp3) is 0.538. The van der Waals surface area contributed by atoms with Crippen molar-refractivity contribution in [1.82, 2.24) is 5.32 Å². The van der Waals surface area contributed by atoms with Crippen LogP contribution >= 0.6 is 0 Å². The molecule has 0 heterocycles. The number of ether oxygens (including phenoxy) is 1. The molecule has 0 bridgehead atoms. The van der Waals surface area contributed by atoms with Gasteiger partial charge in [0.1, 0.15) is 0 Å². The van der Waals surface area contributed by atoms with Gasteiger partial charge in [-0.1, -0.05) is 12.1 Å². The maximum absolute atomic E-state index is 12.3. The van der Waals surface area contributed by atoms with Gasteiger partial charge in [0.15, 0.2) is 0 Å². The monoisotopic (exact) mass is 259 g/mol. The fourth-order valence-corrected chi connectivity index (χ4v) is 2.00. The number of alkyl halides is 3. The second-order valence-corrected chi connectivity index (χ2v) is 4.60. The van der Waals surface area contributed by atoms with Gasteiger partial charge in [-0.05, 0) is 30.5 Å². The molecule has 2 rings (SSSR count). The molecule has 2 nitrogen and oxygen atoms in total. The highest BCUT2D eigenvalue weighted by atomic mass is 19.4. The zero-order valence-corrected chi connectivity index (χ0v) is 10.1. The van der Waals surface area contributed by atoms with Crippen LogP contribution < -0.4 is 5.32 Å². The Balaban J connectivity index is 1.81. The minimum absolute atomic E-state index is 0.329. The third-order valence-corrected chi connectivity index (χ3v) is 3.30. The predicted molar refractivity (Wildman–Crippen MR) is 62.1 cm³/mol. The van der Waals surface area contributed by atoms with Gasteiger partial charge in [0.25, 0.3) is 0 Å². The first kappa shape index (κ1) is 13.4. The molecule has 0 spiro atoms. The highest BCUT2D eigenvalue weighted by Gasteiger charge is 2.30. The topological polar surface area (TPSA) is 21.3 Å². The van der Waals surface area contributed by atoms with Crippen LogP contribution in [0, 0.1) is 0 Å². The van der Waals surface area contributed by atoms with E-state index in [0.717, 1.165) is 30.5 Å². The Morgan fingerprint density at radius 3 is 2.33 bits per heavy atom. The van der Waals surface area contributed by atoms with Crippen LogP contribution in [0.4, 0.5) is 13.2 Å². The first-order chi connectivity index (χ1) is 8.49. The van der Waals surface area contributed by atoms with E-state index >= 15 is 0 Å². The summed E-state index contributed by atoms with van der Waals surface area (Å²) >= 11 is 0. The van der Waals surface area contributed by atoms with Crippen LogP contribution in [0.5, 0.6) is 0 Å². The minimum Gasteiger partial charge on any atom is -0.381 e. The molecular formula is C13H16F3NO. The van der Waals surface area contributed by atoms with E-state index in [9.17, 15) is 13.2 Å². The van der Waals surface area contributed by atoms with E-state index in [1.165, 1.54) is 12.1 Å². The van der Waals surface area contributed by atoms with Crippen molar-refractivity contribution in [1.29, 1.82) is 0 Å². The van der Waals surface area contributed by atoms with Crippen LogP contribution in [0.2, 0.25) is 0 Å². The molecule has 0 saturated heterocycles. The Hall–Kier alpha value is -1.07. The molecule has 0 aliphatic heterocycles. The summed E-state index contributed by atoms with van der Waals surface area (Å²) in [5.41, 5.74) is 0.262. The summed E-state index contributed by atoms with van der Waals surface area (Å²) < 4.78 is 42.2. The Morgan fingerprint density at radius 1 is 1.22 bits per heavy atom. The first-order valence-electron chi connectivity index (χ1n) is 5.91. The van der Waals surface area contributed by atoms with Gasteiger partial charge in [-0.25, -0.2) is 0 Å². The standard InChI is InChI=1S/C13H16F3NO/c1-18-12-6-11(7-12)17-8-9-2-4-10(5-3-9)13(14,15)16/h2-5,11-12,17H,6-8H2,1H3. The lowest BCUT2D eigenvalue weighted by molar-refractivity contribution is -0.137. The van der Waals surface area contributed by atoms with Crippen molar-refractivity contribution in [2.75, 3.05) is 7.11 Å². The summed E-state index contributed by atoms with van der Waals surface area (Å²) in [6.45, 7) is 0.596. The van der Waals surface area contributed by atoms with E-state index in [-0.39, 0.29) is 0 Å². The molecule has 5 heteroatoms. The van der Waals surface area contributed by atoms with E-state index in [1.54, 1.807) is 7.11 Å². The summed E-state index contributed by atoms with van der Waals surface area (Å²) in [7, 11) is 1.69. The summed E-state index contributed by atoms with van der Waals surface area (Å²) in [6, 6.07) is 5.69. The van der Waals surface area contributed by atoms with E-state index in [4.69, 9.17) is 4.74 Å². The lowest BCUT2D eigenvalue weighted by atomic mass is 9.89. The number of benzene rings is 1. The average Bonchev–Trinajstić information content (AvgIpc) is 2.27. The number of methoxy groups -OCH3 is 1. The first-order valence-corrected chi connectivity index (χ1v) is 5.91. The molecular weight excluding hydrogens is 243 g/mol. The van der Waals surface area contributed by atoms with Crippen molar-refractivity contribution in [3.8, 4) is 0 Å². The van der Waals surface area contributed by atoms with Gasteiger partial charge >= 0.3 is 6.18 Å². The zero-order valence-electron chi connectivity index (χ0n) is 10.1. The summed E-state index contributed by atoms with van der Waals surface area (Å²) in [6.07, 6.45) is -1.99. The minimum atomic E-state index is -4.26. The second-order valence-electron chi connectivity index (χ2n) is 4.60. The van der Waals surface area contributed by atoms with Crippen LogP contribution in [0.25, 0.3) is 0 Å². The molecule has 1 saturated carbocycles. The normalized spacial score (nSPS) is 23.8. The molecule has 1 fully saturated rings. The van der Waals surface area contributed by atoms with E-state index in [0.29, 0.717) is 18.7 Å². The van der Waals surface area contributed by atoms with Crippen molar-refractivity contribution < 1.29 is 17.9 Å². The van der Waals surface area contributed by atoms with Gasteiger partial charge in [-0.3, -0.25) is 0 Å². The van der Waals surface area contributed by atoms with Gasteiger partial charge < -0.3 is 10.1 Å². The van der Waals surface area contributed by atoms with Crippen molar-refractivity contribution in [2.24, 2.45) is 0 Å². The smallest absolute Gasteiger partial charge is 0.381 e. The molecule has 0 amide bonds. The number of hydrogen-bond acceptors (Lipinski definition) is 2. The molecule has 1 aliphatic rings. The zero-order chi connectivity index (χ0) is 13.2. The predicted octanol–water partition coefficient (Wildman–Crippen LogP) is 2.97. The molecule has 18 heavy (non-hydrogen) atoms. The molecule has 0 aromatic heterocycles. The molecule has 1 aliphatic carbocycles. The van der Waals surface area contributed by atoms with Crippen LogP contribution in [-0.4, -0.2) is 19.3 Å². The molecule has 1 aromatic carbocycles. The average molecular weight is 259 g/mol. The Kier molecular flexibility index (Phi) is 3.92. The van der Waals surface area contributed by atoms with E-state index in [1.807, 2.05) is 0 Å². The van der Waals surface area contributed by atoms with Crippen LogP contribution in [0.1, 0.15) is 24.0 Å². The Labute approximate surface area is 104 Å². The maximum Gasteiger partial charge on any atom is 0.416 e. The molecule has 1 N–H and O–H groups in total. The molecule has 0 radical (unpaired) electrons. The SMILES string of the molecule is COC1CC(NCc2ccc(C(F)(F)F)cc2)C1. The number of hydrogen-bond donors (Lipinski definition) is 1. The molecule has 1 aromatic rings. The molecule has 0 unspecified atom stereocenters. The van der Waals surface area contributed by atoms with Crippen LogP contribution in [-0.2, 0) is 17.5 Å². The third-order valence-electron chi connectivity index (χ3n) is 3.30. The van der Waals surface area contributed by atoms with Crippen molar-refractivity contribution in [3.63, 3.8) is 0 Å². The van der Waals surface area contributed by atoms with E-state index in [2.05, 4.69) is 5.32 Å². The van der Waals surface area contributed by atoms with Crippen LogP contribution in [0.15, 0.2) is 24.3 Å². The Morgan fingerprint density at radius 2 is 1.83 bits per heavy atom. The summed E-state index contributed by atoms with van der Waals surface area (Å²) in [5, 5.41) is 3.30. The van der Waals surface area contributed by atoms with E-state index < -0.39 is 11.7 Å². The van der Waals surface area contributed by atoms with Crippen molar-refractivity contribution in [3.05, 3.63) is 35.4 Å². The van der Waals surface area contributed by atoms with Crippen molar-refractivity contribution >= 4 is 0 Å². The maximum atomic E-state index is 12.3. The van der Waals surface area contributed by atoms with Gasteiger partial charge in [0.05, 0.1) is 11.7 Å². The van der Waals surface area contributed by atoms with Crippen molar-refractivity contribution in [2.45, 2.75) is 37.7 Å². The fourth-order valence-electron chi connectivity index (χ4n) is 2.00. The lowest BCUT2D eigenvalue weighted by Crippen LogP contribution is -2.44. The number of nitrogens with one attached hydrogen (secondary N) is 1. The second kappa shape index (κ2) is 5.28. The lowest BCUT2D eigenvalue weighted by Gasteiger charge is -2.34. The Bertz CT molecular complexity index is 382. The summed E-state index contributed by atoms with van der Waals surface area (Å²) in [4.78, 5) is 0. The molecule has 0 atom stereocenters. The third kappa shape index (κ3) is 3.23. The highest BCUT2D eigenvalue weighted by Crippen LogP contribution is 2.29. The number of rotatable bonds is 4. The van der Waals surface area contributed by atoms with Crippen LogP contribution in [0.3, 0.4) is 0 Å². The van der Waals surface area contributed by atoms with Gasteiger partial charge in [-0.2, -0.15) is 13.2 Å². The van der Waals surface area contributed by atoms with Gasteiger partial charge in [0.2, 0.25) is 0 Å². The number of halogens is 3.